The molecule has 2 heterocycles. The fourth-order valence-electron chi connectivity index (χ4n) is 1.79. The van der Waals surface area contributed by atoms with Crippen LogP contribution >= 0.6 is 24.8 Å². The maximum Gasteiger partial charge on any atom is 0.352 e. The van der Waals surface area contributed by atoms with Crippen LogP contribution in [0.2, 0.25) is 0 Å². The number of carbonyl (C=O) groups excluding carboxylic acids is 1. The van der Waals surface area contributed by atoms with Gasteiger partial charge in [0.1, 0.15) is 5.70 Å². The van der Waals surface area contributed by atoms with Crippen molar-refractivity contribution in [3.63, 3.8) is 0 Å². The average molecular weight is 240 g/mol. The number of hydrogen-bond donors (Lipinski definition) is 1. The van der Waals surface area contributed by atoms with Crippen molar-refractivity contribution >= 4 is 36.7 Å². The number of aliphatic carboxylic acids is 1. The Balaban J connectivity index is 0.000000845. The molecule has 0 aromatic rings. The van der Waals surface area contributed by atoms with Gasteiger partial charge in [0.15, 0.2) is 0 Å². The van der Waals surface area contributed by atoms with Crippen molar-refractivity contribution in [2.24, 2.45) is 5.92 Å². The second-order valence-corrected chi connectivity index (χ2v) is 3.25. The molecular weight excluding hydrogens is 229 g/mol. The zero-order valence-electron chi connectivity index (χ0n) is 7.47. The van der Waals surface area contributed by atoms with Crippen molar-refractivity contribution in [3.8, 4) is 0 Å². The summed E-state index contributed by atoms with van der Waals surface area (Å²) >= 11 is 0. The zero-order valence-corrected chi connectivity index (χ0v) is 9.10. The van der Waals surface area contributed by atoms with Crippen molar-refractivity contribution in [1.82, 2.24) is 4.90 Å². The van der Waals surface area contributed by atoms with Gasteiger partial charge in [-0.05, 0) is 12.0 Å². The monoisotopic (exact) mass is 239 g/mol. The largest absolute Gasteiger partial charge is 0.477 e. The van der Waals surface area contributed by atoms with Crippen LogP contribution in [0.3, 0.4) is 0 Å². The lowest BCUT2D eigenvalue weighted by atomic mass is 9.94. The molecule has 0 aliphatic carbocycles. The molecule has 6 heteroatoms. The predicted molar refractivity (Wildman–Crippen MR) is 54.6 cm³/mol. The second kappa shape index (κ2) is 4.19. The first kappa shape index (κ1) is 13.3. The van der Waals surface area contributed by atoms with Gasteiger partial charge < -0.3 is 10.0 Å². The molecule has 1 amide bonds. The molecule has 2 aliphatic rings. The van der Waals surface area contributed by atoms with Gasteiger partial charge in [-0.25, -0.2) is 4.79 Å². The molecule has 0 bridgehead atoms. The minimum absolute atomic E-state index is 0. The first-order chi connectivity index (χ1) is 5.61. The highest BCUT2D eigenvalue weighted by Crippen LogP contribution is 2.37. The molecule has 1 saturated heterocycles. The normalized spacial score (nSPS) is 27.9. The van der Waals surface area contributed by atoms with E-state index in [0.29, 0.717) is 6.42 Å². The average Bonchev–Trinajstić information content (AvgIpc) is 2.22. The van der Waals surface area contributed by atoms with Crippen LogP contribution in [0.1, 0.15) is 13.3 Å². The summed E-state index contributed by atoms with van der Waals surface area (Å²) in [5, 5.41) is 8.71. The molecule has 2 rings (SSSR count). The number of amides is 1. The third-order valence-electron chi connectivity index (χ3n) is 2.49. The molecule has 1 N–H and O–H groups in total. The van der Waals surface area contributed by atoms with E-state index in [-0.39, 0.29) is 48.4 Å². The zero-order chi connectivity index (χ0) is 8.88. The minimum Gasteiger partial charge on any atom is -0.477 e. The Hall–Kier alpha value is -0.740. The van der Waals surface area contributed by atoms with Gasteiger partial charge in [0.25, 0.3) is 0 Å². The lowest BCUT2D eigenvalue weighted by Gasteiger charge is -2.37. The summed E-state index contributed by atoms with van der Waals surface area (Å²) in [6.45, 7) is 1.93. The Labute approximate surface area is 93.8 Å². The SMILES string of the molecule is CC1C=C(C(=O)O)N2C(=O)C[C@@H]12.Cl.Cl. The first-order valence-electron chi connectivity index (χ1n) is 3.88. The van der Waals surface area contributed by atoms with Crippen molar-refractivity contribution in [1.29, 1.82) is 0 Å². The number of hydrogen-bond acceptors (Lipinski definition) is 2. The van der Waals surface area contributed by atoms with Crippen molar-refractivity contribution in [3.05, 3.63) is 11.8 Å². The Morgan fingerprint density at radius 2 is 2.14 bits per heavy atom. The number of carboxylic acids is 1. The van der Waals surface area contributed by atoms with Gasteiger partial charge in [-0.1, -0.05) is 6.92 Å². The quantitative estimate of drug-likeness (QED) is 0.697. The maximum atomic E-state index is 11.0. The van der Waals surface area contributed by atoms with E-state index in [1.807, 2.05) is 6.92 Å². The smallest absolute Gasteiger partial charge is 0.352 e. The lowest BCUT2D eigenvalue weighted by molar-refractivity contribution is -0.148. The summed E-state index contributed by atoms with van der Waals surface area (Å²) < 4.78 is 0. The number of fused-ring (bicyclic) bond motifs is 1. The first-order valence-corrected chi connectivity index (χ1v) is 3.88. The van der Waals surface area contributed by atoms with E-state index in [9.17, 15) is 9.59 Å². The molecule has 1 unspecified atom stereocenters. The third-order valence-corrected chi connectivity index (χ3v) is 2.49. The number of nitrogens with zero attached hydrogens (tertiary/aromatic N) is 1. The van der Waals surface area contributed by atoms with E-state index in [2.05, 4.69) is 0 Å². The van der Waals surface area contributed by atoms with Crippen molar-refractivity contribution in [2.45, 2.75) is 19.4 Å². The lowest BCUT2D eigenvalue weighted by Crippen LogP contribution is -2.51. The van der Waals surface area contributed by atoms with E-state index < -0.39 is 5.97 Å². The molecule has 2 aliphatic heterocycles. The molecule has 0 aromatic heterocycles. The van der Waals surface area contributed by atoms with E-state index in [1.54, 1.807) is 6.08 Å². The maximum absolute atomic E-state index is 11.0. The van der Waals surface area contributed by atoms with Crippen molar-refractivity contribution in [2.75, 3.05) is 0 Å². The highest BCUT2D eigenvalue weighted by molar-refractivity contribution is 5.97. The predicted octanol–water partition coefficient (Wildman–Crippen LogP) is 1.05. The molecule has 80 valence electrons. The number of β-lactam (4-membered cyclic amide) rings is 1. The van der Waals surface area contributed by atoms with Crippen LogP contribution in [0.15, 0.2) is 11.8 Å². The third kappa shape index (κ3) is 1.60. The standard InChI is InChI=1S/C8H9NO3.2ClH/c1-4-2-6(8(11)12)9-5(4)3-7(9)10;;/h2,4-5H,3H2,1H3,(H,11,12);2*1H/t4?,5-;;/m0../s1. The molecule has 0 aromatic carbocycles. The number of rotatable bonds is 1. The van der Waals surface area contributed by atoms with Crippen LogP contribution in [-0.4, -0.2) is 27.9 Å². The number of carbonyl (C=O) groups is 2. The fraction of sp³-hybridized carbons (Fsp3) is 0.500. The van der Waals surface area contributed by atoms with Crippen molar-refractivity contribution < 1.29 is 14.7 Å². The highest BCUT2D eigenvalue weighted by atomic mass is 35.5. The highest BCUT2D eigenvalue weighted by Gasteiger charge is 2.47. The van der Waals surface area contributed by atoms with Gasteiger partial charge in [0, 0.05) is 6.42 Å². The van der Waals surface area contributed by atoms with Gasteiger partial charge in [0.05, 0.1) is 6.04 Å². The Kier molecular flexibility index (Phi) is 3.97. The summed E-state index contributed by atoms with van der Waals surface area (Å²) in [5.74, 6) is -0.885. The van der Waals surface area contributed by atoms with E-state index in [1.165, 1.54) is 4.90 Å². The molecule has 14 heavy (non-hydrogen) atoms. The van der Waals surface area contributed by atoms with Crippen LogP contribution in [0.25, 0.3) is 0 Å². The molecule has 1 fully saturated rings. The van der Waals surface area contributed by atoms with Crippen LogP contribution in [0, 0.1) is 5.92 Å². The number of halogens is 2. The van der Waals surface area contributed by atoms with Crippen LogP contribution < -0.4 is 0 Å². The second-order valence-electron chi connectivity index (χ2n) is 3.25. The minimum atomic E-state index is -1.00. The Bertz CT molecular complexity index is 303. The fourth-order valence-corrected chi connectivity index (χ4v) is 1.79. The number of carboxylic acid groups (broad SMARTS) is 1. The summed E-state index contributed by atoms with van der Waals surface area (Å²) in [6.07, 6.45) is 2.15. The van der Waals surface area contributed by atoms with Crippen LogP contribution in [-0.2, 0) is 9.59 Å². The van der Waals surface area contributed by atoms with Gasteiger partial charge in [-0.3, -0.25) is 4.79 Å². The molecule has 0 spiro atoms. The van der Waals surface area contributed by atoms with Gasteiger partial charge in [0.2, 0.25) is 5.91 Å². The van der Waals surface area contributed by atoms with Gasteiger partial charge in [-0.2, -0.15) is 0 Å². The van der Waals surface area contributed by atoms with E-state index in [0.717, 1.165) is 0 Å². The summed E-state index contributed by atoms with van der Waals surface area (Å²) in [5.41, 5.74) is 0.156. The Morgan fingerprint density at radius 1 is 1.57 bits per heavy atom. The van der Waals surface area contributed by atoms with E-state index in [4.69, 9.17) is 5.11 Å². The molecule has 2 atom stereocenters. The van der Waals surface area contributed by atoms with E-state index >= 15 is 0 Å². The van der Waals surface area contributed by atoms with Gasteiger partial charge in [-0.15, -0.1) is 24.8 Å². The van der Waals surface area contributed by atoms with Crippen LogP contribution in [0.5, 0.6) is 0 Å². The summed E-state index contributed by atoms with van der Waals surface area (Å²) in [6, 6.07) is 0.114. The van der Waals surface area contributed by atoms with Gasteiger partial charge >= 0.3 is 5.97 Å². The summed E-state index contributed by atoms with van der Waals surface area (Å²) in [4.78, 5) is 23.0. The molecule has 4 nitrogen and oxygen atoms in total. The molecular formula is C8H11Cl2NO3. The Morgan fingerprint density at radius 3 is 2.50 bits per heavy atom. The van der Waals surface area contributed by atoms with Crippen LogP contribution in [0.4, 0.5) is 0 Å². The molecule has 0 radical (unpaired) electrons. The topological polar surface area (TPSA) is 57.6 Å². The summed E-state index contributed by atoms with van der Waals surface area (Å²) in [7, 11) is 0. The molecule has 0 saturated carbocycles.